The summed E-state index contributed by atoms with van der Waals surface area (Å²) in [5, 5.41) is 2.27. The maximum absolute atomic E-state index is 6.48. The van der Waals surface area contributed by atoms with E-state index in [0.717, 1.165) is 50.1 Å². The molecule has 2 heteroatoms. The molecule has 2 aliphatic rings. The highest BCUT2D eigenvalue weighted by atomic mass is 16.3. The van der Waals surface area contributed by atoms with E-state index in [-0.39, 0.29) is 0 Å². The fourth-order valence-electron chi connectivity index (χ4n) is 10.1. The third-order valence-electron chi connectivity index (χ3n) is 12.6. The molecule has 0 radical (unpaired) electrons. The number of hydrogen-bond donors (Lipinski definition) is 0. The molecule has 2 aliphatic carbocycles. The SMILES string of the molecule is Cc1ccc2c(c1)C1(c3ccccc3-2)c2ccccc2-c2ccc(N(c3ccc(-c4cccc5c4oc4ccccc45)cc3)c3ccccc3-c3ccccc3)cc21. The quantitative estimate of drug-likeness (QED) is 0.175. The van der Waals surface area contributed by atoms with Crippen LogP contribution in [0.25, 0.3) is 66.4 Å². The Hall–Kier alpha value is -7.42. The average Bonchev–Trinajstić information content (AvgIpc) is 3.91. The molecule has 58 heavy (non-hydrogen) atoms. The van der Waals surface area contributed by atoms with E-state index in [4.69, 9.17) is 4.42 Å². The first kappa shape index (κ1) is 32.8. The van der Waals surface area contributed by atoms with Crippen LogP contribution in [0.15, 0.2) is 211 Å². The fraction of sp³-hybridized carbons (Fsp3) is 0.0357. The molecular weight excluding hydrogens is 703 g/mol. The van der Waals surface area contributed by atoms with Gasteiger partial charge in [0.15, 0.2) is 0 Å². The molecule has 2 nitrogen and oxygen atoms in total. The minimum atomic E-state index is -0.445. The predicted molar refractivity (Wildman–Crippen MR) is 240 cm³/mol. The van der Waals surface area contributed by atoms with Crippen molar-refractivity contribution in [1.29, 1.82) is 0 Å². The topological polar surface area (TPSA) is 16.4 Å². The Bertz CT molecular complexity index is 3230. The predicted octanol–water partition coefficient (Wildman–Crippen LogP) is 15.0. The molecule has 0 bridgehead atoms. The summed E-state index contributed by atoms with van der Waals surface area (Å²) in [6.07, 6.45) is 0. The molecule has 1 atom stereocenters. The summed E-state index contributed by atoms with van der Waals surface area (Å²) >= 11 is 0. The number of para-hydroxylation sites is 3. The number of hydrogen-bond acceptors (Lipinski definition) is 2. The largest absolute Gasteiger partial charge is 0.455 e. The third kappa shape index (κ3) is 4.60. The first-order valence-corrected chi connectivity index (χ1v) is 20.1. The molecule has 0 fully saturated rings. The fourth-order valence-corrected chi connectivity index (χ4v) is 10.1. The lowest BCUT2D eigenvalue weighted by Crippen LogP contribution is -2.26. The van der Waals surface area contributed by atoms with Gasteiger partial charge >= 0.3 is 0 Å². The van der Waals surface area contributed by atoms with Crippen molar-refractivity contribution in [2.24, 2.45) is 0 Å². The summed E-state index contributed by atoms with van der Waals surface area (Å²) < 4.78 is 6.48. The van der Waals surface area contributed by atoms with E-state index in [1.807, 2.05) is 12.1 Å². The Morgan fingerprint density at radius 2 is 0.931 bits per heavy atom. The van der Waals surface area contributed by atoms with E-state index >= 15 is 0 Å². The van der Waals surface area contributed by atoms with Crippen molar-refractivity contribution >= 4 is 39.0 Å². The minimum Gasteiger partial charge on any atom is -0.455 e. The van der Waals surface area contributed by atoms with Gasteiger partial charge in [0.2, 0.25) is 0 Å². The lowest BCUT2D eigenvalue weighted by molar-refractivity contribution is 0.670. The molecule has 1 unspecified atom stereocenters. The molecule has 1 spiro atoms. The van der Waals surface area contributed by atoms with Crippen molar-refractivity contribution in [2.75, 3.05) is 4.90 Å². The Balaban J connectivity index is 1.09. The molecule has 0 aliphatic heterocycles. The molecule has 0 N–H and O–H groups in total. The average molecular weight is 740 g/mol. The zero-order valence-electron chi connectivity index (χ0n) is 32.0. The Kier molecular flexibility index (Phi) is 7.09. The number of furan rings is 1. The maximum Gasteiger partial charge on any atom is 0.143 e. The van der Waals surface area contributed by atoms with Crippen LogP contribution in [0.1, 0.15) is 27.8 Å². The van der Waals surface area contributed by atoms with Gasteiger partial charge in [0.1, 0.15) is 11.2 Å². The summed E-state index contributed by atoms with van der Waals surface area (Å²) in [5.74, 6) is 0. The second-order valence-corrected chi connectivity index (χ2v) is 15.7. The summed E-state index contributed by atoms with van der Waals surface area (Å²) in [4.78, 5) is 2.45. The van der Waals surface area contributed by atoms with Crippen LogP contribution >= 0.6 is 0 Å². The molecular formula is C56H37NO. The molecule has 0 saturated carbocycles. The van der Waals surface area contributed by atoms with Gasteiger partial charge in [0.25, 0.3) is 0 Å². The van der Waals surface area contributed by atoms with Crippen LogP contribution in [0, 0.1) is 6.92 Å². The van der Waals surface area contributed by atoms with Crippen LogP contribution in [0.5, 0.6) is 0 Å². The highest BCUT2D eigenvalue weighted by Crippen LogP contribution is 2.63. The van der Waals surface area contributed by atoms with E-state index in [2.05, 4.69) is 206 Å². The smallest absolute Gasteiger partial charge is 0.143 e. The number of anilines is 3. The summed E-state index contributed by atoms with van der Waals surface area (Å²) in [5.41, 5.74) is 21.1. The standard InChI is InChI=1S/C56H37NO/c1-36-26-32-45-43-17-5-9-22-49(43)56(51(45)34-36)50-23-10-6-18-44(50)46-33-31-40(35-52(46)56)57(53-24-11-7-16-41(53)37-14-3-2-4-15-37)39-29-27-38(28-30-39)42-20-13-21-48-47-19-8-12-25-54(47)58-55(42)48/h2-35H,1H3. The molecule has 12 rings (SSSR count). The zero-order valence-corrected chi connectivity index (χ0v) is 32.0. The second-order valence-electron chi connectivity index (χ2n) is 15.7. The number of aryl methyl sites for hydroxylation is 1. The van der Waals surface area contributed by atoms with Crippen molar-refractivity contribution in [3.63, 3.8) is 0 Å². The number of benzene rings is 9. The van der Waals surface area contributed by atoms with E-state index < -0.39 is 5.41 Å². The molecule has 10 aromatic rings. The van der Waals surface area contributed by atoms with Gasteiger partial charge in [-0.05, 0) is 99.0 Å². The summed E-state index contributed by atoms with van der Waals surface area (Å²) in [6.45, 7) is 2.22. The zero-order chi connectivity index (χ0) is 38.4. The molecule has 9 aromatic carbocycles. The number of nitrogens with zero attached hydrogens (tertiary/aromatic N) is 1. The Labute approximate surface area is 337 Å². The van der Waals surface area contributed by atoms with Gasteiger partial charge in [0.05, 0.1) is 11.1 Å². The van der Waals surface area contributed by atoms with Crippen LogP contribution < -0.4 is 4.90 Å². The number of rotatable bonds is 5. The lowest BCUT2D eigenvalue weighted by Gasteiger charge is -2.33. The first-order chi connectivity index (χ1) is 28.7. The second kappa shape index (κ2) is 12.5. The van der Waals surface area contributed by atoms with E-state index in [9.17, 15) is 0 Å². The van der Waals surface area contributed by atoms with E-state index in [0.29, 0.717) is 0 Å². The maximum atomic E-state index is 6.48. The van der Waals surface area contributed by atoms with Gasteiger partial charge in [-0.15, -0.1) is 0 Å². The van der Waals surface area contributed by atoms with Crippen molar-refractivity contribution in [2.45, 2.75) is 12.3 Å². The third-order valence-corrected chi connectivity index (χ3v) is 12.6. The van der Waals surface area contributed by atoms with Crippen LogP contribution in [0.3, 0.4) is 0 Å². The van der Waals surface area contributed by atoms with Gasteiger partial charge in [-0.25, -0.2) is 0 Å². The van der Waals surface area contributed by atoms with Crippen molar-refractivity contribution in [3.05, 3.63) is 234 Å². The van der Waals surface area contributed by atoms with Gasteiger partial charge < -0.3 is 9.32 Å². The monoisotopic (exact) mass is 739 g/mol. The highest BCUT2D eigenvalue weighted by molar-refractivity contribution is 6.09. The molecule has 1 aromatic heterocycles. The van der Waals surface area contributed by atoms with Gasteiger partial charge in [-0.1, -0.05) is 175 Å². The van der Waals surface area contributed by atoms with Crippen LogP contribution in [-0.2, 0) is 5.41 Å². The molecule has 0 saturated heterocycles. The van der Waals surface area contributed by atoms with Crippen LogP contribution in [0.4, 0.5) is 17.1 Å². The van der Waals surface area contributed by atoms with Crippen molar-refractivity contribution in [1.82, 2.24) is 0 Å². The normalized spacial score (nSPS) is 14.7. The van der Waals surface area contributed by atoms with Crippen LogP contribution in [-0.4, -0.2) is 0 Å². The van der Waals surface area contributed by atoms with Crippen LogP contribution in [0.2, 0.25) is 0 Å². The molecule has 0 amide bonds. The number of fused-ring (bicyclic) bond motifs is 13. The first-order valence-electron chi connectivity index (χ1n) is 20.1. The Morgan fingerprint density at radius 3 is 1.71 bits per heavy atom. The highest BCUT2D eigenvalue weighted by Gasteiger charge is 2.51. The summed E-state index contributed by atoms with van der Waals surface area (Å²) in [7, 11) is 0. The lowest BCUT2D eigenvalue weighted by atomic mass is 9.70. The van der Waals surface area contributed by atoms with Crippen molar-refractivity contribution < 1.29 is 4.42 Å². The summed E-state index contributed by atoms with van der Waals surface area (Å²) in [6, 6.07) is 75.6. The molecule has 1 heterocycles. The van der Waals surface area contributed by atoms with Crippen molar-refractivity contribution in [3.8, 4) is 44.5 Å². The van der Waals surface area contributed by atoms with Gasteiger partial charge in [0, 0.05) is 33.3 Å². The minimum absolute atomic E-state index is 0.445. The molecule has 272 valence electrons. The van der Waals surface area contributed by atoms with E-state index in [1.54, 1.807) is 0 Å². The van der Waals surface area contributed by atoms with E-state index in [1.165, 1.54) is 61.2 Å². The Morgan fingerprint density at radius 1 is 0.379 bits per heavy atom. The van der Waals surface area contributed by atoms with Gasteiger partial charge in [-0.2, -0.15) is 0 Å². The van der Waals surface area contributed by atoms with Gasteiger partial charge in [-0.3, -0.25) is 0 Å².